The molecule has 0 spiro atoms. The van der Waals surface area contributed by atoms with E-state index < -0.39 is 52.0 Å². The number of fused-ring (bicyclic) bond motifs is 5. The van der Waals surface area contributed by atoms with Crippen molar-refractivity contribution in [2.75, 3.05) is 0 Å². The maximum absolute atomic E-state index is 17.3. The molecule has 3 N–H and O–H groups in total. The van der Waals surface area contributed by atoms with E-state index in [9.17, 15) is 29.7 Å². The highest BCUT2D eigenvalue weighted by atomic mass is 19.1. The van der Waals surface area contributed by atoms with E-state index in [1.54, 1.807) is 44.2 Å². The number of hydrogen-bond acceptors (Lipinski definition) is 7. The minimum atomic E-state index is -2.11. The summed E-state index contributed by atoms with van der Waals surface area (Å²) in [4.78, 5) is 38.4. The molecule has 4 aliphatic carbocycles. The predicted octanol–water partition coefficient (Wildman–Crippen LogP) is 5.54. The number of rotatable bonds is 5. The lowest BCUT2D eigenvalue weighted by molar-refractivity contribution is -0.222. The zero-order valence-electron chi connectivity index (χ0n) is 23.4. The molecule has 7 atom stereocenters. The van der Waals surface area contributed by atoms with Gasteiger partial charge in [-0.15, -0.1) is 0 Å². The van der Waals surface area contributed by atoms with Crippen LogP contribution in [-0.4, -0.2) is 50.4 Å². The highest BCUT2D eigenvalue weighted by Crippen LogP contribution is 2.70. The number of carboxylic acid groups (broad SMARTS) is 1. The summed E-state index contributed by atoms with van der Waals surface area (Å²) in [5.41, 5.74) is -5.74. The first-order valence-corrected chi connectivity index (χ1v) is 14.2. The lowest BCUT2D eigenvalue weighted by atomic mass is 9.45. The molecule has 0 bridgehead atoms. The van der Waals surface area contributed by atoms with Gasteiger partial charge in [0, 0.05) is 16.7 Å². The Morgan fingerprint density at radius 1 is 0.976 bits per heavy atom. The number of ketones is 1. The number of esters is 1. The summed E-state index contributed by atoms with van der Waals surface area (Å²) >= 11 is 0. The third-order valence-electron chi connectivity index (χ3n) is 10.5. The number of phenolic OH excluding ortho intramolecular Hbond substituents is 1. The molecule has 0 heterocycles. The fourth-order valence-corrected chi connectivity index (χ4v) is 8.29. The van der Waals surface area contributed by atoms with Crippen LogP contribution in [0.15, 0.2) is 72.3 Å². The van der Waals surface area contributed by atoms with Crippen LogP contribution in [0.5, 0.6) is 17.2 Å². The number of ether oxygens (including phenoxy) is 2. The summed E-state index contributed by atoms with van der Waals surface area (Å²) in [5, 5.41) is 31.5. The van der Waals surface area contributed by atoms with Gasteiger partial charge in [-0.3, -0.25) is 4.79 Å². The maximum Gasteiger partial charge on any atom is 0.348 e. The second kappa shape index (κ2) is 9.52. The molecule has 6 rings (SSSR count). The van der Waals surface area contributed by atoms with E-state index in [0.717, 1.165) is 0 Å². The van der Waals surface area contributed by atoms with Gasteiger partial charge in [-0.05, 0) is 106 Å². The van der Waals surface area contributed by atoms with Crippen LogP contribution in [0.1, 0.15) is 56.3 Å². The zero-order chi connectivity index (χ0) is 30.1. The topological polar surface area (TPSA) is 130 Å². The Bertz CT molecular complexity index is 1510. The Hall–Kier alpha value is -3.98. The van der Waals surface area contributed by atoms with Gasteiger partial charge >= 0.3 is 11.9 Å². The number of allylic oxidation sites excluding steroid dienone is 4. The Kier molecular flexibility index (Phi) is 6.38. The zero-order valence-corrected chi connectivity index (χ0v) is 23.4. The molecule has 220 valence electrons. The first-order valence-electron chi connectivity index (χ1n) is 14.2. The Morgan fingerprint density at radius 2 is 1.62 bits per heavy atom. The average Bonchev–Trinajstić information content (AvgIpc) is 3.24. The minimum Gasteiger partial charge on any atom is -0.508 e. The van der Waals surface area contributed by atoms with Gasteiger partial charge in [0.1, 0.15) is 17.2 Å². The number of aliphatic carboxylic acids is 1. The lowest BCUT2D eigenvalue weighted by Crippen LogP contribution is -2.69. The van der Waals surface area contributed by atoms with Crippen LogP contribution >= 0.6 is 0 Å². The van der Waals surface area contributed by atoms with Crippen molar-refractivity contribution in [2.45, 2.75) is 63.3 Å². The van der Waals surface area contributed by atoms with Crippen LogP contribution in [-0.2, 0) is 14.3 Å². The standard InChI is InChI=1S/C33H33FO8/c1-30-15-13-22(36)17-20(30)5-12-26-25-14-16-32(29(39)40,31(25,2)18-27(37)33(26,30)34)42-28(38)19-3-8-23(9-4-19)41-24-10-6-21(35)7-11-24/h3-4,6-11,13,15,17,25-27,35,37H,5,12,14,16,18H2,1-2H3,(H,39,40)/t25-,26-,27-,30-,31-,32+,33?/m0/s1. The van der Waals surface area contributed by atoms with Gasteiger partial charge in [0.05, 0.1) is 11.7 Å². The van der Waals surface area contributed by atoms with Crippen LogP contribution < -0.4 is 4.74 Å². The van der Waals surface area contributed by atoms with Crippen molar-refractivity contribution in [3.05, 3.63) is 77.9 Å². The van der Waals surface area contributed by atoms with E-state index in [4.69, 9.17) is 9.47 Å². The van der Waals surface area contributed by atoms with E-state index in [1.165, 1.54) is 36.4 Å². The van der Waals surface area contributed by atoms with Crippen molar-refractivity contribution in [3.8, 4) is 17.2 Å². The van der Waals surface area contributed by atoms with Crippen LogP contribution in [0.3, 0.4) is 0 Å². The van der Waals surface area contributed by atoms with Gasteiger partial charge in [0.25, 0.3) is 0 Å². The van der Waals surface area contributed by atoms with Crippen molar-refractivity contribution in [3.63, 3.8) is 0 Å². The molecular formula is C33H33FO8. The summed E-state index contributed by atoms with van der Waals surface area (Å²) in [7, 11) is 0. The quantitative estimate of drug-likeness (QED) is 0.396. The van der Waals surface area contributed by atoms with Crippen molar-refractivity contribution in [2.24, 2.45) is 22.7 Å². The summed E-state index contributed by atoms with van der Waals surface area (Å²) in [6.45, 7) is 3.39. The van der Waals surface area contributed by atoms with Crippen molar-refractivity contribution < 1.29 is 43.6 Å². The smallest absolute Gasteiger partial charge is 0.348 e. The molecule has 0 radical (unpaired) electrons. The first-order chi connectivity index (χ1) is 19.8. The number of aromatic hydroxyl groups is 1. The van der Waals surface area contributed by atoms with Crippen molar-refractivity contribution in [1.82, 2.24) is 0 Å². The number of aliphatic hydroxyl groups is 1. The van der Waals surface area contributed by atoms with E-state index in [2.05, 4.69) is 0 Å². The molecular weight excluding hydrogens is 543 g/mol. The second-order valence-electron chi connectivity index (χ2n) is 12.4. The molecule has 9 heteroatoms. The number of aliphatic hydroxyl groups excluding tert-OH is 1. The highest BCUT2D eigenvalue weighted by Gasteiger charge is 2.76. The molecule has 1 unspecified atom stereocenters. The van der Waals surface area contributed by atoms with Gasteiger partial charge in [0.2, 0.25) is 5.60 Å². The number of carbonyl (C=O) groups is 3. The molecule has 3 fully saturated rings. The number of hydrogen-bond donors (Lipinski definition) is 3. The number of alkyl halides is 1. The fourth-order valence-electron chi connectivity index (χ4n) is 8.29. The summed E-state index contributed by atoms with van der Waals surface area (Å²) < 4.78 is 28.9. The van der Waals surface area contributed by atoms with Gasteiger partial charge in [0.15, 0.2) is 11.5 Å². The van der Waals surface area contributed by atoms with Crippen LogP contribution in [0.2, 0.25) is 0 Å². The van der Waals surface area contributed by atoms with Gasteiger partial charge in [-0.25, -0.2) is 14.0 Å². The molecule has 0 aromatic heterocycles. The second-order valence-corrected chi connectivity index (χ2v) is 12.4. The molecule has 0 amide bonds. The molecule has 0 aliphatic heterocycles. The summed E-state index contributed by atoms with van der Waals surface area (Å²) in [5.74, 6) is -2.54. The van der Waals surface area contributed by atoms with Crippen molar-refractivity contribution >= 4 is 17.7 Å². The Balaban J connectivity index is 1.27. The molecule has 3 saturated carbocycles. The Labute approximate surface area is 242 Å². The third-order valence-corrected chi connectivity index (χ3v) is 10.5. The monoisotopic (exact) mass is 576 g/mol. The number of benzene rings is 2. The van der Waals surface area contributed by atoms with E-state index in [-0.39, 0.29) is 29.9 Å². The maximum atomic E-state index is 17.3. The SMILES string of the molecule is C[C@]12C=CC(=O)C=C1CC[C@H]1[C@@H]3CC[C@@](OC(=O)c4ccc(Oc5ccc(O)cc5)cc4)(C(=O)O)[C@@]3(C)C[C@H](O)C12F. The van der Waals surface area contributed by atoms with Crippen molar-refractivity contribution in [1.29, 1.82) is 0 Å². The van der Waals surface area contributed by atoms with Gasteiger partial charge in [-0.2, -0.15) is 0 Å². The normalized spacial score (nSPS) is 36.7. The molecule has 8 nitrogen and oxygen atoms in total. The third kappa shape index (κ3) is 3.86. The molecule has 2 aromatic rings. The van der Waals surface area contributed by atoms with Crippen LogP contribution in [0.25, 0.3) is 0 Å². The molecule has 42 heavy (non-hydrogen) atoms. The highest BCUT2D eigenvalue weighted by molar-refractivity contribution is 6.01. The molecule has 0 saturated heterocycles. The van der Waals surface area contributed by atoms with Crippen LogP contribution in [0, 0.1) is 22.7 Å². The summed E-state index contributed by atoms with van der Waals surface area (Å²) in [6.07, 6.45) is 3.71. The van der Waals surface area contributed by atoms with E-state index in [0.29, 0.717) is 36.3 Å². The van der Waals surface area contributed by atoms with E-state index in [1.807, 2.05) is 0 Å². The minimum absolute atomic E-state index is 0.00960. The lowest BCUT2D eigenvalue weighted by Gasteiger charge is -2.62. The number of carbonyl (C=O) groups excluding carboxylic acids is 2. The number of phenols is 1. The molecule has 4 aliphatic rings. The number of carboxylic acids is 1. The van der Waals surface area contributed by atoms with Gasteiger partial charge < -0.3 is 24.8 Å². The Morgan fingerprint density at radius 3 is 2.26 bits per heavy atom. The summed E-state index contributed by atoms with van der Waals surface area (Å²) in [6, 6.07) is 12.2. The van der Waals surface area contributed by atoms with E-state index >= 15 is 4.39 Å². The largest absolute Gasteiger partial charge is 0.508 e. The van der Waals surface area contributed by atoms with Crippen LogP contribution in [0.4, 0.5) is 4.39 Å². The fraction of sp³-hybridized carbons (Fsp3) is 0.424. The first kappa shape index (κ1) is 28.2. The molecule has 2 aromatic carbocycles. The average molecular weight is 577 g/mol. The predicted molar refractivity (Wildman–Crippen MR) is 149 cm³/mol. The van der Waals surface area contributed by atoms with Gasteiger partial charge in [-0.1, -0.05) is 18.6 Å². The number of halogens is 1.